The van der Waals surface area contributed by atoms with Crippen molar-refractivity contribution in [3.63, 3.8) is 0 Å². The molecule has 3 rings (SSSR count). The van der Waals surface area contributed by atoms with Gasteiger partial charge in [0.1, 0.15) is 0 Å². The van der Waals surface area contributed by atoms with Gasteiger partial charge in [-0.3, -0.25) is 9.78 Å². The summed E-state index contributed by atoms with van der Waals surface area (Å²) in [6.07, 6.45) is 3.79. The summed E-state index contributed by atoms with van der Waals surface area (Å²) in [6.45, 7) is 1.69. The normalized spacial score (nSPS) is 16.4. The molecule has 2 aromatic rings. The standard InChI is InChI=1S/C18H21N3O3S/c22-18(17-8-4-9-19-14-17)20-10-5-11-21(13-12-20)25(23,24)15-16-6-2-1-3-7-16/h1-4,6-9,14H,5,10-13,15H2. The number of sulfonamides is 1. The summed E-state index contributed by atoms with van der Waals surface area (Å²) < 4.78 is 26.8. The van der Waals surface area contributed by atoms with E-state index in [4.69, 9.17) is 0 Å². The van der Waals surface area contributed by atoms with E-state index >= 15 is 0 Å². The molecule has 1 aromatic heterocycles. The lowest BCUT2D eigenvalue weighted by atomic mass is 10.2. The van der Waals surface area contributed by atoms with Crippen LogP contribution in [0.5, 0.6) is 0 Å². The summed E-state index contributed by atoms with van der Waals surface area (Å²) in [5.74, 6) is -0.111. The van der Waals surface area contributed by atoms with Crippen molar-refractivity contribution in [3.05, 3.63) is 66.0 Å². The van der Waals surface area contributed by atoms with Crippen LogP contribution in [0.25, 0.3) is 0 Å². The summed E-state index contributed by atoms with van der Waals surface area (Å²) in [5.41, 5.74) is 1.30. The first-order valence-electron chi connectivity index (χ1n) is 8.27. The molecule has 0 atom stereocenters. The Labute approximate surface area is 148 Å². The minimum Gasteiger partial charge on any atom is -0.337 e. The predicted octanol–water partition coefficient (Wildman–Crippen LogP) is 1.76. The molecular formula is C18H21N3O3S. The van der Waals surface area contributed by atoms with Gasteiger partial charge in [-0.1, -0.05) is 30.3 Å². The molecule has 1 amide bonds. The van der Waals surface area contributed by atoms with E-state index in [1.807, 2.05) is 30.3 Å². The monoisotopic (exact) mass is 359 g/mol. The van der Waals surface area contributed by atoms with Gasteiger partial charge in [0.05, 0.1) is 11.3 Å². The van der Waals surface area contributed by atoms with Gasteiger partial charge in [-0.05, 0) is 24.1 Å². The van der Waals surface area contributed by atoms with E-state index in [2.05, 4.69) is 4.98 Å². The van der Waals surface area contributed by atoms with Crippen LogP contribution < -0.4 is 0 Å². The van der Waals surface area contributed by atoms with Crippen molar-refractivity contribution in [2.24, 2.45) is 0 Å². The maximum absolute atomic E-state index is 12.7. The molecule has 132 valence electrons. The third-order valence-electron chi connectivity index (χ3n) is 4.24. The number of rotatable bonds is 4. The Bertz CT molecular complexity index is 810. The fourth-order valence-electron chi connectivity index (χ4n) is 2.92. The number of carbonyl (C=O) groups excluding carboxylic acids is 1. The van der Waals surface area contributed by atoms with Gasteiger partial charge in [0.2, 0.25) is 10.0 Å². The van der Waals surface area contributed by atoms with Gasteiger partial charge in [0.15, 0.2) is 0 Å². The van der Waals surface area contributed by atoms with Gasteiger partial charge in [-0.25, -0.2) is 8.42 Å². The van der Waals surface area contributed by atoms with E-state index in [0.717, 1.165) is 5.56 Å². The average molecular weight is 359 g/mol. The Hall–Kier alpha value is -2.25. The zero-order valence-corrected chi connectivity index (χ0v) is 14.7. The Morgan fingerprint density at radius 3 is 2.52 bits per heavy atom. The molecule has 0 radical (unpaired) electrons. The summed E-state index contributed by atoms with van der Waals surface area (Å²) in [6, 6.07) is 12.6. The third-order valence-corrected chi connectivity index (χ3v) is 6.09. The highest BCUT2D eigenvalue weighted by Crippen LogP contribution is 2.15. The molecular weight excluding hydrogens is 338 g/mol. The van der Waals surface area contributed by atoms with Crippen LogP contribution in [0.1, 0.15) is 22.3 Å². The molecule has 0 unspecified atom stereocenters. The number of amides is 1. The van der Waals surface area contributed by atoms with Gasteiger partial charge in [-0.2, -0.15) is 4.31 Å². The smallest absolute Gasteiger partial charge is 0.255 e. The van der Waals surface area contributed by atoms with Crippen LogP contribution in [0.2, 0.25) is 0 Å². The second kappa shape index (κ2) is 7.76. The van der Waals surface area contributed by atoms with Crippen molar-refractivity contribution in [1.82, 2.24) is 14.2 Å². The molecule has 0 bridgehead atoms. The van der Waals surface area contributed by atoms with Gasteiger partial charge >= 0.3 is 0 Å². The Balaban J connectivity index is 1.66. The van der Waals surface area contributed by atoms with E-state index in [-0.39, 0.29) is 11.7 Å². The van der Waals surface area contributed by atoms with Crippen molar-refractivity contribution in [3.8, 4) is 0 Å². The van der Waals surface area contributed by atoms with E-state index < -0.39 is 10.0 Å². The van der Waals surface area contributed by atoms with Crippen LogP contribution in [-0.4, -0.2) is 54.7 Å². The second-order valence-electron chi connectivity index (χ2n) is 6.03. The number of hydrogen-bond donors (Lipinski definition) is 0. The van der Waals surface area contributed by atoms with Crippen LogP contribution in [0.15, 0.2) is 54.9 Å². The molecule has 6 nitrogen and oxygen atoms in total. The first-order chi connectivity index (χ1) is 12.1. The maximum Gasteiger partial charge on any atom is 0.255 e. The Morgan fingerprint density at radius 2 is 1.80 bits per heavy atom. The van der Waals surface area contributed by atoms with Crippen LogP contribution in [-0.2, 0) is 15.8 Å². The zero-order valence-electron chi connectivity index (χ0n) is 13.9. The molecule has 1 aromatic carbocycles. The topological polar surface area (TPSA) is 70.6 Å². The number of nitrogens with zero attached hydrogens (tertiary/aromatic N) is 3. The lowest BCUT2D eigenvalue weighted by Crippen LogP contribution is -2.37. The molecule has 0 N–H and O–H groups in total. The first kappa shape index (κ1) is 17.6. The molecule has 1 aliphatic rings. The molecule has 1 aliphatic heterocycles. The van der Waals surface area contributed by atoms with Crippen molar-refractivity contribution in [2.75, 3.05) is 26.2 Å². The van der Waals surface area contributed by atoms with Crippen molar-refractivity contribution in [2.45, 2.75) is 12.2 Å². The first-order valence-corrected chi connectivity index (χ1v) is 9.88. The quantitative estimate of drug-likeness (QED) is 0.834. The summed E-state index contributed by atoms with van der Waals surface area (Å²) >= 11 is 0. The van der Waals surface area contributed by atoms with Gasteiger partial charge in [0, 0.05) is 38.6 Å². The predicted molar refractivity (Wildman–Crippen MR) is 95.4 cm³/mol. The number of pyridine rings is 1. The number of aromatic nitrogens is 1. The fourth-order valence-corrected chi connectivity index (χ4v) is 4.49. The Morgan fingerprint density at radius 1 is 1.00 bits per heavy atom. The lowest BCUT2D eigenvalue weighted by Gasteiger charge is -2.22. The molecule has 25 heavy (non-hydrogen) atoms. The highest BCUT2D eigenvalue weighted by molar-refractivity contribution is 7.88. The van der Waals surface area contributed by atoms with Crippen LogP contribution >= 0.6 is 0 Å². The number of hydrogen-bond acceptors (Lipinski definition) is 4. The van der Waals surface area contributed by atoms with Crippen molar-refractivity contribution < 1.29 is 13.2 Å². The lowest BCUT2D eigenvalue weighted by molar-refractivity contribution is 0.0764. The highest BCUT2D eigenvalue weighted by Gasteiger charge is 2.27. The third kappa shape index (κ3) is 4.43. The fraction of sp³-hybridized carbons (Fsp3) is 0.333. The highest BCUT2D eigenvalue weighted by atomic mass is 32.2. The van der Waals surface area contributed by atoms with E-state index in [0.29, 0.717) is 38.2 Å². The molecule has 0 spiro atoms. The van der Waals surface area contributed by atoms with Gasteiger partial charge in [-0.15, -0.1) is 0 Å². The molecule has 1 fully saturated rings. The molecule has 2 heterocycles. The molecule has 1 saturated heterocycles. The minimum atomic E-state index is -3.39. The summed E-state index contributed by atoms with van der Waals surface area (Å²) in [5, 5.41) is 0. The number of benzene rings is 1. The van der Waals surface area contributed by atoms with Gasteiger partial charge < -0.3 is 4.90 Å². The zero-order chi connectivity index (χ0) is 17.7. The van der Waals surface area contributed by atoms with Crippen molar-refractivity contribution in [1.29, 1.82) is 0 Å². The second-order valence-corrected chi connectivity index (χ2v) is 8.00. The van der Waals surface area contributed by atoms with Crippen LogP contribution in [0, 0.1) is 0 Å². The number of carbonyl (C=O) groups is 1. The van der Waals surface area contributed by atoms with Crippen LogP contribution in [0.3, 0.4) is 0 Å². The van der Waals surface area contributed by atoms with Crippen LogP contribution in [0.4, 0.5) is 0 Å². The van der Waals surface area contributed by atoms with E-state index in [9.17, 15) is 13.2 Å². The molecule has 0 aliphatic carbocycles. The van der Waals surface area contributed by atoms with E-state index in [1.54, 1.807) is 23.2 Å². The molecule has 0 saturated carbocycles. The van der Waals surface area contributed by atoms with E-state index in [1.165, 1.54) is 10.5 Å². The summed E-state index contributed by atoms with van der Waals surface area (Å²) in [4.78, 5) is 18.2. The SMILES string of the molecule is O=C(c1cccnc1)N1CCCN(S(=O)(=O)Cc2ccccc2)CC1. The molecule has 7 heteroatoms. The summed E-state index contributed by atoms with van der Waals surface area (Å²) in [7, 11) is -3.39. The average Bonchev–Trinajstić information content (AvgIpc) is 2.89. The largest absolute Gasteiger partial charge is 0.337 e. The van der Waals surface area contributed by atoms with Crippen molar-refractivity contribution >= 4 is 15.9 Å². The minimum absolute atomic E-state index is 0.00953. The maximum atomic E-state index is 12.7. The Kier molecular flexibility index (Phi) is 5.45. The van der Waals surface area contributed by atoms with Gasteiger partial charge in [0.25, 0.3) is 5.91 Å².